The molecule has 1 N–H and O–H groups in total. The first-order chi connectivity index (χ1) is 12.1. The second-order valence-corrected chi connectivity index (χ2v) is 6.84. The fraction of sp³-hybridized carbons (Fsp3) is 0.579. The minimum atomic E-state index is -0.920. The van der Waals surface area contributed by atoms with E-state index in [-0.39, 0.29) is 24.3 Å². The summed E-state index contributed by atoms with van der Waals surface area (Å²) in [7, 11) is 1.37. The summed E-state index contributed by atoms with van der Waals surface area (Å²) in [6.45, 7) is 4.02. The van der Waals surface area contributed by atoms with Crippen LogP contribution in [0.5, 0.6) is 5.75 Å². The predicted octanol–water partition coefficient (Wildman–Crippen LogP) is 2.08. The van der Waals surface area contributed by atoms with Crippen molar-refractivity contribution in [1.29, 1.82) is 0 Å². The van der Waals surface area contributed by atoms with Gasteiger partial charge in [-0.3, -0.25) is 4.79 Å². The standard InChI is InChI=1S/C19H26N2O4.ClH/c1-14-5-7-15(8-6-14)25-19(9-11-20-12-10-19)18(23)21-13-3-4-16(21)17(22)24-2;/h5-8,16,20H,3-4,9-13H2,1-2H3;1H. The van der Waals surface area contributed by atoms with Crippen LogP contribution in [0.2, 0.25) is 0 Å². The molecule has 0 radical (unpaired) electrons. The molecule has 2 heterocycles. The summed E-state index contributed by atoms with van der Waals surface area (Å²) >= 11 is 0. The number of benzene rings is 1. The molecule has 0 spiro atoms. The maximum Gasteiger partial charge on any atom is 0.328 e. The number of hydrogen-bond donors (Lipinski definition) is 1. The Morgan fingerprint density at radius 3 is 2.46 bits per heavy atom. The van der Waals surface area contributed by atoms with Crippen LogP contribution in [-0.2, 0) is 14.3 Å². The van der Waals surface area contributed by atoms with Crippen molar-refractivity contribution in [2.75, 3.05) is 26.7 Å². The zero-order chi connectivity index (χ0) is 17.9. The Balaban J connectivity index is 0.00000243. The maximum absolute atomic E-state index is 13.4. The molecule has 7 heteroatoms. The summed E-state index contributed by atoms with van der Waals surface area (Å²) in [5.41, 5.74) is 0.222. The van der Waals surface area contributed by atoms with E-state index < -0.39 is 11.6 Å². The number of amides is 1. The molecule has 0 saturated carbocycles. The number of likely N-dealkylation sites (tertiary alicyclic amines) is 1. The van der Waals surface area contributed by atoms with Gasteiger partial charge in [-0.25, -0.2) is 4.79 Å². The molecule has 1 unspecified atom stereocenters. The van der Waals surface area contributed by atoms with Crippen LogP contribution in [0.3, 0.4) is 0 Å². The zero-order valence-corrected chi connectivity index (χ0v) is 16.1. The molecule has 2 aliphatic heterocycles. The van der Waals surface area contributed by atoms with E-state index >= 15 is 0 Å². The molecule has 0 aliphatic carbocycles. The van der Waals surface area contributed by atoms with Crippen LogP contribution in [0.15, 0.2) is 24.3 Å². The van der Waals surface area contributed by atoms with Crippen molar-refractivity contribution in [3.63, 3.8) is 0 Å². The number of nitrogens with one attached hydrogen (secondary N) is 1. The summed E-state index contributed by atoms with van der Waals surface area (Å²) in [6, 6.07) is 7.25. The molecular weight excluding hydrogens is 356 g/mol. The maximum atomic E-state index is 13.4. The molecule has 1 aromatic rings. The number of carbonyl (C=O) groups is 2. The number of esters is 1. The first-order valence-corrected chi connectivity index (χ1v) is 8.91. The lowest BCUT2D eigenvalue weighted by Gasteiger charge is -2.40. The molecule has 144 valence electrons. The van der Waals surface area contributed by atoms with E-state index in [1.165, 1.54) is 7.11 Å². The molecule has 1 amide bonds. The number of carbonyl (C=O) groups excluding carboxylic acids is 2. The minimum absolute atomic E-state index is 0. The van der Waals surface area contributed by atoms with Gasteiger partial charge in [-0.1, -0.05) is 17.7 Å². The van der Waals surface area contributed by atoms with Gasteiger partial charge in [-0.15, -0.1) is 12.4 Å². The zero-order valence-electron chi connectivity index (χ0n) is 15.3. The summed E-state index contributed by atoms with van der Waals surface area (Å²) < 4.78 is 11.1. The third-order valence-corrected chi connectivity index (χ3v) is 5.12. The molecular formula is C19H27ClN2O4. The van der Waals surface area contributed by atoms with Crippen molar-refractivity contribution in [3.05, 3.63) is 29.8 Å². The topological polar surface area (TPSA) is 67.9 Å². The average molecular weight is 383 g/mol. The van der Waals surface area contributed by atoms with Crippen molar-refractivity contribution < 1.29 is 19.1 Å². The van der Waals surface area contributed by atoms with Gasteiger partial charge in [0.1, 0.15) is 11.8 Å². The van der Waals surface area contributed by atoms with E-state index in [9.17, 15) is 9.59 Å². The lowest BCUT2D eigenvalue weighted by atomic mass is 9.90. The number of aryl methyl sites for hydroxylation is 1. The number of hydrogen-bond acceptors (Lipinski definition) is 5. The number of nitrogens with zero attached hydrogens (tertiary/aromatic N) is 1. The van der Waals surface area contributed by atoms with Crippen molar-refractivity contribution in [1.82, 2.24) is 10.2 Å². The first kappa shape index (κ1) is 20.5. The Kier molecular flexibility index (Phi) is 6.89. The number of piperidine rings is 1. The van der Waals surface area contributed by atoms with E-state index in [2.05, 4.69) is 5.32 Å². The molecule has 2 fully saturated rings. The largest absolute Gasteiger partial charge is 0.477 e. The highest BCUT2D eigenvalue weighted by Gasteiger charge is 2.48. The molecule has 0 aromatic heterocycles. The lowest BCUT2D eigenvalue weighted by molar-refractivity contribution is -0.159. The van der Waals surface area contributed by atoms with Gasteiger partial charge in [0.25, 0.3) is 5.91 Å². The Hall–Kier alpha value is -1.79. The highest BCUT2D eigenvalue weighted by molar-refractivity contribution is 5.90. The van der Waals surface area contributed by atoms with Gasteiger partial charge >= 0.3 is 5.97 Å². The minimum Gasteiger partial charge on any atom is -0.477 e. The van der Waals surface area contributed by atoms with Gasteiger partial charge in [0.15, 0.2) is 5.60 Å². The van der Waals surface area contributed by atoms with Crippen molar-refractivity contribution >= 4 is 24.3 Å². The number of methoxy groups -OCH3 is 1. The van der Waals surface area contributed by atoms with Crippen molar-refractivity contribution in [2.24, 2.45) is 0 Å². The third kappa shape index (κ3) is 4.13. The summed E-state index contributed by atoms with van der Waals surface area (Å²) in [4.78, 5) is 27.1. The fourth-order valence-corrected chi connectivity index (χ4v) is 3.67. The summed E-state index contributed by atoms with van der Waals surface area (Å²) in [5, 5.41) is 3.28. The first-order valence-electron chi connectivity index (χ1n) is 8.91. The Labute approximate surface area is 160 Å². The molecule has 0 bridgehead atoms. The summed E-state index contributed by atoms with van der Waals surface area (Å²) in [6.07, 6.45) is 2.63. The Morgan fingerprint density at radius 2 is 1.85 bits per heavy atom. The second kappa shape index (κ2) is 8.73. The molecule has 1 aromatic carbocycles. The molecule has 2 aliphatic rings. The van der Waals surface area contributed by atoms with Crippen molar-refractivity contribution in [3.8, 4) is 5.75 Å². The number of halogens is 1. The smallest absolute Gasteiger partial charge is 0.328 e. The number of ether oxygens (including phenoxy) is 2. The van der Waals surface area contributed by atoms with Crippen LogP contribution in [-0.4, -0.2) is 55.2 Å². The average Bonchev–Trinajstić information content (AvgIpc) is 3.13. The molecule has 6 nitrogen and oxygen atoms in total. The molecule has 26 heavy (non-hydrogen) atoms. The fourth-order valence-electron chi connectivity index (χ4n) is 3.67. The second-order valence-electron chi connectivity index (χ2n) is 6.84. The summed E-state index contributed by atoms with van der Waals surface area (Å²) in [5.74, 6) is 0.252. The number of rotatable bonds is 4. The van der Waals surface area contributed by atoms with E-state index in [1.807, 2.05) is 31.2 Å². The predicted molar refractivity (Wildman–Crippen MR) is 101 cm³/mol. The van der Waals surface area contributed by atoms with Crippen LogP contribution in [0.4, 0.5) is 0 Å². The quantitative estimate of drug-likeness (QED) is 0.807. The van der Waals surface area contributed by atoms with E-state index in [0.29, 0.717) is 44.6 Å². The Morgan fingerprint density at radius 1 is 1.19 bits per heavy atom. The van der Waals surface area contributed by atoms with Crippen LogP contribution in [0, 0.1) is 6.92 Å². The molecule has 2 saturated heterocycles. The van der Waals surface area contributed by atoms with E-state index in [0.717, 1.165) is 12.0 Å². The SMILES string of the molecule is COC(=O)C1CCCN1C(=O)C1(Oc2ccc(C)cc2)CCNCC1.Cl. The van der Waals surface area contributed by atoms with E-state index in [4.69, 9.17) is 9.47 Å². The highest BCUT2D eigenvalue weighted by atomic mass is 35.5. The van der Waals surface area contributed by atoms with Crippen LogP contribution >= 0.6 is 12.4 Å². The third-order valence-electron chi connectivity index (χ3n) is 5.12. The Bertz CT molecular complexity index is 629. The highest BCUT2D eigenvalue weighted by Crippen LogP contribution is 2.32. The van der Waals surface area contributed by atoms with Gasteiger partial charge < -0.3 is 19.7 Å². The lowest BCUT2D eigenvalue weighted by Crippen LogP contribution is -2.59. The van der Waals surface area contributed by atoms with Gasteiger partial charge in [0.05, 0.1) is 7.11 Å². The van der Waals surface area contributed by atoms with Gasteiger partial charge in [0.2, 0.25) is 0 Å². The molecule has 3 rings (SSSR count). The van der Waals surface area contributed by atoms with Crippen LogP contribution < -0.4 is 10.1 Å². The molecule has 1 atom stereocenters. The van der Waals surface area contributed by atoms with E-state index in [1.54, 1.807) is 4.90 Å². The van der Waals surface area contributed by atoms with Gasteiger partial charge in [-0.05, 0) is 45.0 Å². The van der Waals surface area contributed by atoms with Gasteiger partial charge in [-0.2, -0.15) is 0 Å². The van der Waals surface area contributed by atoms with Crippen molar-refractivity contribution in [2.45, 2.75) is 44.2 Å². The normalized spacial score (nSPS) is 21.6. The monoisotopic (exact) mass is 382 g/mol. The van der Waals surface area contributed by atoms with Crippen LogP contribution in [0.25, 0.3) is 0 Å². The van der Waals surface area contributed by atoms with Crippen LogP contribution in [0.1, 0.15) is 31.2 Å². The van der Waals surface area contributed by atoms with Gasteiger partial charge in [0, 0.05) is 19.4 Å².